The molecule has 0 saturated carbocycles. The van der Waals surface area contributed by atoms with Gasteiger partial charge in [-0.15, -0.1) is 0 Å². The van der Waals surface area contributed by atoms with Gasteiger partial charge in [0.1, 0.15) is 0 Å². The molecular weight excluding hydrogens is 286 g/mol. The molecule has 2 heterocycles. The number of nitrogens with zero attached hydrogens (tertiary/aromatic N) is 1. The second-order valence-corrected chi connectivity index (χ2v) is 5.65. The van der Waals surface area contributed by atoms with Gasteiger partial charge in [0.25, 0.3) is 5.91 Å². The molecule has 1 aromatic heterocycles. The lowest BCUT2D eigenvalue weighted by Gasteiger charge is -2.27. The van der Waals surface area contributed by atoms with E-state index in [2.05, 4.69) is 22.9 Å². The number of hydrogen-bond donors (Lipinski definition) is 2. The van der Waals surface area contributed by atoms with E-state index in [1.54, 1.807) is 0 Å². The Kier molecular flexibility index (Phi) is 5.26. The lowest BCUT2D eigenvalue weighted by Crippen LogP contribution is -3.00. The maximum absolute atomic E-state index is 12.4. The van der Waals surface area contributed by atoms with E-state index >= 15 is 0 Å². The second kappa shape index (κ2) is 6.96. The minimum absolute atomic E-state index is 0. The van der Waals surface area contributed by atoms with Crippen molar-refractivity contribution in [2.45, 2.75) is 31.7 Å². The number of carbonyl (C=O) groups excluding carboxylic acids is 1. The van der Waals surface area contributed by atoms with Gasteiger partial charge in [-0.2, -0.15) is 0 Å². The fourth-order valence-electron chi connectivity index (χ4n) is 3.03. The van der Waals surface area contributed by atoms with Crippen molar-refractivity contribution in [1.82, 2.24) is 9.88 Å². The first-order valence-electron chi connectivity index (χ1n) is 7.42. The van der Waals surface area contributed by atoms with E-state index in [1.807, 2.05) is 23.2 Å². The number of benzene rings is 1. The number of carbonyl (C=O) groups is 1. The smallest absolute Gasteiger partial charge is 0.281 e. The van der Waals surface area contributed by atoms with Gasteiger partial charge in [-0.1, -0.05) is 18.2 Å². The summed E-state index contributed by atoms with van der Waals surface area (Å²) in [5.41, 5.74) is 6.40. The van der Waals surface area contributed by atoms with Crippen molar-refractivity contribution < 1.29 is 22.9 Å². The molecule has 1 aliphatic rings. The van der Waals surface area contributed by atoms with Crippen LogP contribution in [0.5, 0.6) is 0 Å². The highest BCUT2D eigenvalue weighted by atomic mass is 35.5. The number of halogens is 1. The van der Waals surface area contributed by atoms with Crippen molar-refractivity contribution in [2.24, 2.45) is 0 Å². The SMILES string of the molecule is [Cl-].[NH3+][C@@H](Cc1c[nH]c2ccccc12)C(=O)N1CCCCC1. The third kappa shape index (κ3) is 3.39. The van der Waals surface area contributed by atoms with Crippen LogP contribution >= 0.6 is 0 Å². The summed E-state index contributed by atoms with van der Waals surface area (Å²) < 4.78 is 0. The maximum atomic E-state index is 12.4. The van der Waals surface area contributed by atoms with Crippen molar-refractivity contribution in [3.8, 4) is 0 Å². The number of H-pyrrole nitrogens is 1. The van der Waals surface area contributed by atoms with Crippen molar-refractivity contribution in [3.05, 3.63) is 36.0 Å². The highest BCUT2D eigenvalue weighted by Gasteiger charge is 2.26. The molecule has 0 spiro atoms. The van der Waals surface area contributed by atoms with Crippen LogP contribution in [0.1, 0.15) is 24.8 Å². The maximum Gasteiger partial charge on any atom is 0.281 e. The van der Waals surface area contributed by atoms with Gasteiger partial charge in [-0.3, -0.25) is 4.79 Å². The second-order valence-electron chi connectivity index (χ2n) is 5.65. The Morgan fingerprint density at radius 3 is 2.71 bits per heavy atom. The molecule has 1 aliphatic heterocycles. The van der Waals surface area contributed by atoms with Crippen molar-refractivity contribution in [3.63, 3.8) is 0 Å². The Morgan fingerprint density at radius 1 is 1.24 bits per heavy atom. The topological polar surface area (TPSA) is 63.7 Å². The number of fused-ring (bicyclic) bond motifs is 1. The average Bonchev–Trinajstić information content (AvgIpc) is 2.91. The minimum atomic E-state index is -0.188. The summed E-state index contributed by atoms with van der Waals surface area (Å²) in [6.45, 7) is 1.80. The van der Waals surface area contributed by atoms with Gasteiger partial charge in [0.05, 0.1) is 0 Å². The monoisotopic (exact) mass is 307 g/mol. The quantitative estimate of drug-likeness (QED) is 0.700. The van der Waals surface area contributed by atoms with Crippen LogP contribution in [0.25, 0.3) is 10.9 Å². The number of amides is 1. The van der Waals surface area contributed by atoms with Gasteiger partial charge in [-0.05, 0) is 30.9 Å². The first kappa shape index (κ1) is 15.9. The van der Waals surface area contributed by atoms with E-state index in [-0.39, 0.29) is 24.4 Å². The van der Waals surface area contributed by atoms with Gasteiger partial charge in [0.15, 0.2) is 6.04 Å². The summed E-state index contributed by atoms with van der Waals surface area (Å²) in [4.78, 5) is 17.7. The van der Waals surface area contributed by atoms with E-state index in [9.17, 15) is 4.79 Å². The first-order valence-corrected chi connectivity index (χ1v) is 7.42. The molecule has 1 amide bonds. The Labute approximate surface area is 131 Å². The third-order valence-electron chi connectivity index (χ3n) is 4.16. The zero-order chi connectivity index (χ0) is 13.9. The molecule has 4 N–H and O–H groups in total. The Hall–Kier alpha value is -1.52. The Bertz CT molecular complexity index is 604. The van der Waals surface area contributed by atoms with Gasteiger partial charge in [-0.25, -0.2) is 0 Å². The lowest BCUT2D eigenvalue weighted by atomic mass is 10.0. The van der Waals surface area contributed by atoms with Crippen molar-refractivity contribution >= 4 is 16.8 Å². The van der Waals surface area contributed by atoms with Crippen LogP contribution in [0, 0.1) is 0 Å². The molecule has 0 bridgehead atoms. The summed E-state index contributed by atoms with van der Waals surface area (Å²) in [5, 5.41) is 1.20. The summed E-state index contributed by atoms with van der Waals surface area (Å²) in [7, 11) is 0. The average molecular weight is 308 g/mol. The summed E-state index contributed by atoms with van der Waals surface area (Å²) in [5.74, 6) is 0.204. The zero-order valence-electron chi connectivity index (χ0n) is 12.1. The van der Waals surface area contributed by atoms with Crippen LogP contribution in [0.15, 0.2) is 30.5 Å². The van der Waals surface area contributed by atoms with Crippen molar-refractivity contribution in [1.29, 1.82) is 0 Å². The number of piperidine rings is 1. The first-order chi connectivity index (χ1) is 9.75. The predicted molar refractivity (Wildman–Crippen MR) is 79.1 cm³/mol. The van der Waals surface area contributed by atoms with Crippen LogP contribution in [0.2, 0.25) is 0 Å². The van der Waals surface area contributed by atoms with Gasteiger partial charge >= 0.3 is 0 Å². The van der Waals surface area contributed by atoms with Gasteiger partial charge in [0.2, 0.25) is 0 Å². The predicted octanol–water partition coefficient (Wildman–Crippen LogP) is -1.66. The summed E-state index contributed by atoms with van der Waals surface area (Å²) in [6, 6.07) is 8.02. The van der Waals surface area contributed by atoms with E-state index in [0.29, 0.717) is 6.42 Å². The molecule has 114 valence electrons. The number of nitrogens with one attached hydrogen (secondary N) is 1. The number of hydrogen-bond acceptors (Lipinski definition) is 1. The molecule has 1 fully saturated rings. The van der Waals surface area contributed by atoms with Crippen molar-refractivity contribution in [2.75, 3.05) is 13.1 Å². The Morgan fingerprint density at radius 2 is 1.95 bits per heavy atom. The van der Waals surface area contributed by atoms with E-state index in [4.69, 9.17) is 0 Å². The molecule has 1 aromatic carbocycles. The number of para-hydroxylation sites is 1. The van der Waals surface area contributed by atoms with Gasteiger partial charge in [0, 0.05) is 36.6 Å². The molecule has 0 aliphatic carbocycles. The molecular formula is C16H22ClN3O. The standard InChI is InChI=1S/C16H21N3O.ClH/c17-14(16(20)19-8-4-1-5-9-19)10-12-11-18-15-7-3-2-6-13(12)15;/h2-3,6-7,11,14,18H,1,4-5,8-10,17H2;1H/t14-;/m0./s1. The van der Waals surface area contributed by atoms with E-state index in [0.717, 1.165) is 31.4 Å². The highest BCUT2D eigenvalue weighted by Crippen LogP contribution is 2.19. The minimum Gasteiger partial charge on any atom is -1.00 e. The molecule has 0 unspecified atom stereocenters. The number of quaternary nitrogens is 1. The number of aromatic nitrogens is 1. The molecule has 2 aromatic rings. The molecule has 1 atom stereocenters. The van der Waals surface area contributed by atoms with E-state index < -0.39 is 0 Å². The molecule has 0 radical (unpaired) electrons. The number of aromatic amines is 1. The molecule has 1 saturated heterocycles. The number of likely N-dealkylation sites (tertiary alicyclic amines) is 1. The summed E-state index contributed by atoms with van der Waals surface area (Å²) in [6.07, 6.45) is 6.22. The van der Waals surface area contributed by atoms with Crippen LogP contribution in [0.4, 0.5) is 0 Å². The molecule has 4 nitrogen and oxygen atoms in total. The van der Waals surface area contributed by atoms with Crippen LogP contribution in [0.3, 0.4) is 0 Å². The lowest BCUT2D eigenvalue weighted by molar-refractivity contribution is -0.405. The third-order valence-corrected chi connectivity index (χ3v) is 4.16. The number of rotatable bonds is 3. The van der Waals surface area contributed by atoms with Crippen LogP contribution in [-0.2, 0) is 11.2 Å². The van der Waals surface area contributed by atoms with E-state index in [1.165, 1.54) is 17.4 Å². The largest absolute Gasteiger partial charge is 1.00 e. The fourth-order valence-corrected chi connectivity index (χ4v) is 3.03. The van der Waals surface area contributed by atoms with Gasteiger partial charge < -0.3 is 28.0 Å². The highest BCUT2D eigenvalue weighted by molar-refractivity contribution is 5.85. The Balaban J connectivity index is 0.00000161. The molecule has 21 heavy (non-hydrogen) atoms. The van der Waals surface area contributed by atoms with Crippen LogP contribution in [-0.4, -0.2) is 34.9 Å². The fraction of sp³-hybridized carbons (Fsp3) is 0.438. The summed E-state index contributed by atoms with van der Waals surface area (Å²) >= 11 is 0. The normalized spacial score (nSPS) is 16.5. The van der Waals surface area contributed by atoms with Crippen LogP contribution < -0.4 is 18.1 Å². The molecule has 3 rings (SSSR count). The zero-order valence-corrected chi connectivity index (χ0v) is 12.9. The molecule has 5 heteroatoms.